The van der Waals surface area contributed by atoms with Crippen molar-refractivity contribution in [3.63, 3.8) is 0 Å². The second-order valence-electron chi connectivity index (χ2n) is 4.65. The maximum Gasteiger partial charge on any atom is 0.258 e. The minimum absolute atomic E-state index is 0.0427. The van der Waals surface area contributed by atoms with Gasteiger partial charge in [0.15, 0.2) is 0 Å². The average molecular weight is 293 g/mol. The number of benzene rings is 1. The molecule has 1 amide bonds. The van der Waals surface area contributed by atoms with Crippen molar-refractivity contribution in [2.45, 2.75) is 6.92 Å². The van der Waals surface area contributed by atoms with Crippen LogP contribution < -0.4 is 4.90 Å². The lowest BCUT2D eigenvalue weighted by Gasteiger charge is -2.21. The van der Waals surface area contributed by atoms with Gasteiger partial charge in [-0.3, -0.25) is 9.78 Å². The number of nitrogens with zero attached hydrogens (tertiary/aromatic N) is 5. The third kappa shape index (κ3) is 2.71. The van der Waals surface area contributed by atoms with E-state index in [1.54, 1.807) is 46.5 Å². The summed E-state index contributed by atoms with van der Waals surface area (Å²) in [6.07, 6.45) is 6.73. The number of pyridine rings is 1. The van der Waals surface area contributed by atoms with E-state index in [2.05, 4.69) is 15.3 Å². The molecule has 3 rings (SSSR count). The monoisotopic (exact) mass is 293 g/mol. The van der Waals surface area contributed by atoms with E-state index in [-0.39, 0.29) is 5.91 Å². The molecule has 0 radical (unpaired) electrons. The first kappa shape index (κ1) is 13.9. The van der Waals surface area contributed by atoms with Gasteiger partial charge in [0, 0.05) is 30.2 Å². The summed E-state index contributed by atoms with van der Waals surface area (Å²) < 4.78 is 1.65. The van der Waals surface area contributed by atoms with E-state index in [1.807, 2.05) is 31.2 Å². The van der Waals surface area contributed by atoms with Gasteiger partial charge in [0.05, 0.1) is 18.1 Å². The third-order valence-corrected chi connectivity index (χ3v) is 3.34. The summed E-state index contributed by atoms with van der Waals surface area (Å²) in [4.78, 5) is 18.3. The quantitative estimate of drug-likeness (QED) is 0.740. The number of carbonyl (C=O) groups excluding carboxylic acids is 1. The van der Waals surface area contributed by atoms with E-state index >= 15 is 0 Å². The van der Waals surface area contributed by atoms with Crippen LogP contribution in [0.1, 0.15) is 17.3 Å². The van der Waals surface area contributed by atoms with E-state index in [0.29, 0.717) is 12.1 Å². The van der Waals surface area contributed by atoms with Gasteiger partial charge in [0.25, 0.3) is 5.91 Å². The summed E-state index contributed by atoms with van der Waals surface area (Å²) in [6, 6.07) is 10.9. The molecule has 1 aromatic carbocycles. The molecule has 0 spiro atoms. The largest absolute Gasteiger partial charge is 0.309 e. The first-order valence-corrected chi connectivity index (χ1v) is 6.98. The predicted octanol–water partition coefficient (Wildman–Crippen LogP) is 2.33. The first-order chi connectivity index (χ1) is 10.8. The Morgan fingerprint density at radius 1 is 1.09 bits per heavy atom. The van der Waals surface area contributed by atoms with Gasteiger partial charge >= 0.3 is 0 Å². The summed E-state index contributed by atoms with van der Waals surface area (Å²) in [5.41, 5.74) is 2.33. The summed E-state index contributed by atoms with van der Waals surface area (Å²) in [5, 5.41) is 7.69. The molecule has 0 unspecified atom stereocenters. The molecule has 0 atom stereocenters. The van der Waals surface area contributed by atoms with Crippen LogP contribution in [0.25, 0.3) is 5.69 Å². The molecule has 0 aliphatic rings. The normalized spacial score (nSPS) is 10.4. The van der Waals surface area contributed by atoms with Crippen LogP contribution in [0.15, 0.2) is 61.2 Å². The molecule has 0 bridgehead atoms. The number of amides is 1. The Morgan fingerprint density at radius 2 is 1.82 bits per heavy atom. The molecule has 0 saturated carbocycles. The molecule has 0 fully saturated rings. The lowest BCUT2D eigenvalue weighted by atomic mass is 10.1. The zero-order valence-electron chi connectivity index (χ0n) is 12.1. The van der Waals surface area contributed by atoms with Crippen LogP contribution in [-0.4, -0.2) is 32.4 Å². The van der Waals surface area contributed by atoms with E-state index < -0.39 is 0 Å². The van der Waals surface area contributed by atoms with E-state index in [4.69, 9.17) is 0 Å². The molecule has 3 aromatic rings. The number of aromatic nitrogens is 4. The van der Waals surface area contributed by atoms with Crippen LogP contribution in [0.2, 0.25) is 0 Å². The number of hydrogen-bond acceptors (Lipinski definition) is 4. The van der Waals surface area contributed by atoms with Gasteiger partial charge in [0.1, 0.15) is 0 Å². The van der Waals surface area contributed by atoms with E-state index in [9.17, 15) is 4.79 Å². The minimum Gasteiger partial charge on any atom is -0.309 e. The highest BCUT2D eigenvalue weighted by Crippen LogP contribution is 2.17. The van der Waals surface area contributed by atoms with Gasteiger partial charge < -0.3 is 4.90 Å². The molecule has 2 aromatic heterocycles. The maximum atomic E-state index is 12.6. The smallest absolute Gasteiger partial charge is 0.258 e. The predicted molar refractivity (Wildman–Crippen MR) is 82.9 cm³/mol. The van der Waals surface area contributed by atoms with E-state index in [1.165, 1.54) is 0 Å². The second kappa shape index (κ2) is 6.17. The van der Waals surface area contributed by atoms with Crippen molar-refractivity contribution in [3.8, 4) is 5.69 Å². The van der Waals surface area contributed by atoms with Crippen molar-refractivity contribution >= 4 is 11.6 Å². The van der Waals surface area contributed by atoms with Gasteiger partial charge in [-0.15, -0.1) is 5.10 Å². The number of carbonyl (C=O) groups is 1. The molecule has 0 N–H and O–H groups in total. The molecular formula is C16H15N5O. The Kier molecular flexibility index (Phi) is 3.91. The van der Waals surface area contributed by atoms with Gasteiger partial charge in [0.2, 0.25) is 0 Å². The van der Waals surface area contributed by atoms with Crippen LogP contribution in [0.5, 0.6) is 0 Å². The third-order valence-electron chi connectivity index (χ3n) is 3.34. The molecule has 22 heavy (non-hydrogen) atoms. The van der Waals surface area contributed by atoms with Crippen molar-refractivity contribution in [2.24, 2.45) is 0 Å². The SMILES string of the molecule is CCN(C(=O)c1ccc(-n2ccnn2)cc1)c1ccncc1. The maximum absolute atomic E-state index is 12.6. The van der Waals surface area contributed by atoms with Gasteiger partial charge in [-0.1, -0.05) is 5.21 Å². The van der Waals surface area contributed by atoms with Crippen molar-refractivity contribution in [2.75, 3.05) is 11.4 Å². The van der Waals surface area contributed by atoms with Gasteiger partial charge in [-0.2, -0.15) is 0 Å². The van der Waals surface area contributed by atoms with Gasteiger partial charge in [-0.25, -0.2) is 4.68 Å². The fourth-order valence-electron chi connectivity index (χ4n) is 2.23. The Labute approximate surface area is 128 Å². The summed E-state index contributed by atoms with van der Waals surface area (Å²) in [7, 11) is 0. The number of anilines is 1. The molecule has 6 nitrogen and oxygen atoms in total. The Balaban J connectivity index is 1.85. The highest BCUT2D eigenvalue weighted by Gasteiger charge is 2.15. The Bertz CT molecular complexity index is 738. The summed E-state index contributed by atoms with van der Waals surface area (Å²) in [6.45, 7) is 2.54. The van der Waals surface area contributed by atoms with E-state index in [0.717, 1.165) is 11.4 Å². The zero-order valence-corrected chi connectivity index (χ0v) is 12.1. The topological polar surface area (TPSA) is 63.9 Å². The molecular weight excluding hydrogens is 278 g/mol. The van der Waals surface area contributed by atoms with Crippen LogP contribution in [0, 0.1) is 0 Å². The fourth-order valence-corrected chi connectivity index (χ4v) is 2.23. The van der Waals surface area contributed by atoms with Crippen LogP contribution in [0.3, 0.4) is 0 Å². The zero-order chi connectivity index (χ0) is 15.4. The molecule has 6 heteroatoms. The molecule has 110 valence electrons. The summed E-state index contributed by atoms with van der Waals surface area (Å²) in [5.74, 6) is -0.0427. The lowest BCUT2D eigenvalue weighted by molar-refractivity contribution is 0.0988. The standard InChI is InChI=1S/C16H15N5O/c1-2-20(14-7-9-17-10-8-14)16(22)13-3-5-15(6-4-13)21-12-11-18-19-21/h3-12H,2H2,1H3. The van der Waals surface area contributed by atoms with Crippen LogP contribution >= 0.6 is 0 Å². The molecule has 0 aliphatic heterocycles. The van der Waals surface area contributed by atoms with Crippen molar-refractivity contribution < 1.29 is 4.79 Å². The minimum atomic E-state index is -0.0427. The molecule has 0 saturated heterocycles. The highest BCUT2D eigenvalue weighted by molar-refractivity contribution is 6.06. The van der Waals surface area contributed by atoms with Crippen molar-refractivity contribution in [1.29, 1.82) is 0 Å². The van der Waals surface area contributed by atoms with Crippen LogP contribution in [0.4, 0.5) is 5.69 Å². The van der Waals surface area contributed by atoms with Crippen LogP contribution in [-0.2, 0) is 0 Å². The highest BCUT2D eigenvalue weighted by atomic mass is 16.2. The number of rotatable bonds is 4. The number of hydrogen-bond donors (Lipinski definition) is 0. The van der Waals surface area contributed by atoms with Crippen molar-refractivity contribution in [3.05, 3.63) is 66.7 Å². The first-order valence-electron chi connectivity index (χ1n) is 6.98. The average Bonchev–Trinajstić information content (AvgIpc) is 3.11. The summed E-state index contributed by atoms with van der Waals surface area (Å²) >= 11 is 0. The fraction of sp³-hybridized carbons (Fsp3) is 0.125. The lowest BCUT2D eigenvalue weighted by Crippen LogP contribution is -2.30. The molecule has 2 heterocycles. The molecule has 0 aliphatic carbocycles. The second-order valence-corrected chi connectivity index (χ2v) is 4.65. The Morgan fingerprint density at radius 3 is 2.41 bits per heavy atom. The van der Waals surface area contributed by atoms with Crippen molar-refractivity contribution in [1.82, 2.24) is 20.0 Å². The Hall–Kier alpha value is -3.02. The van der Waals surface area contributed by atoms with Gasteiger partial charge in [-0.05, 0) is 43.3 Å².